The van der Waals surface area contributed by atoms with Crippen molar-refractivity contribution in [2.75, 3.05) is 19.1 Å². The van der Waals surface area contributed by atoms with Crippen molar-refractivity contribution in [3.63, 3.8) is 0 Å². The molecule has 4 nitrogen and oxygen atoms in total. The summed E-state index contributed by atoms with van der Waals surface area (Å²) < 4.78 is 5.36. The topological polar surface area (TPSA) is 51.4 Å². The molecule has 0 fully saturated rings. The van der Waals surface area contributed by atoms with Crippen molar-refractivity contribution in [1.29, 1.82) is 0 Å². The first-order chi connectivity index (χ1) is 9.61. The number of hydrogen-bond acceptors (Lipinski definition) is 4. The number of rotatable bonds is 5. The van der Waals surface area contributed by atoms with Gasteiger partial charge in [-0.2, -0.15) is 0 Å². The van der Waals surface area contributed by atoms with E-state index < -0.39 is 0 Å². The van der Waals surface area contributed by atoms with E-state index in [-0.39, 0.29) is 0 Å². The highest BCUT2D eigenvalue weighted by molar-refractivity contribution is 7.80. The Labute approximate surface area is 124 Å². The van der Waals surface area contributed by atoms with Crippen LogP contribution in [0.2, 0.25) is 0 Å². The molecule has 1 aromatic heterocycles. The maximum Gasteiger partial charge on any atom is 0.129 e. The highest BCUT2D eigenvalue weighted by Crippen LogP contribution is 2.21. The lowest BCUT2D eigenvalue weighted by molar-refractivity contribution is 0.409. The van der Waals surface area contributed by atoms with Gasteiger partial charge in [-0.05, 0) is 18.2 Å². The van der Waals surface area contributed by atoms with E-state index in [9.17, 15) is 0 Å². The molecule has 0 aliphatic carbocycles. The van der Waals surface area contributed by atoms with Crippen LogP contribution in [0, 0.1) is 0 Å². The van der Waals surface area contributed by atoms with Gasteiger partial charge in [-0.25, -0.2) is 4.98 Å². The number of nitrogens with two attached hydrogens (primary N) is 1. The zero-order valence-corrected chi connectivity index (χ0v) is 12.4. The summed E-state index contributed by atoms with van der Waals surface area (Å²) in [5.41, 5.74) is 7.56. The average Bonchev–Trinajstić information content (AvgIpc) is 2.48. The molecule has 0 spiro atoms. The third kappa shape index (κ3) is 3.24. The Morgan fingerprint density at radius 2 is 2.10 bits per heavy atom. The van der Waals surface area contributed by atoms with Crippen molar-refractivity contribution in [3.05, 3.63) is 53.7 Å². The lowest BCUT2D eigenvalue weighted by Gasteiger charge is -2.20. The molecule has 0 bridgehead atoms. The highest BCUT2D eigenvalue weighted by Gasteiger charge is 2.08. The van der Waals surface area contributed by atoms with Crippen LogP contribution in [0.4, 0.5) is 5.82 Å². The molecule has 0 amide bonds. The minimum atomic E-state index is 0.374. The van der Waals surface area contributed by atoms with Crippen LogP contribution in [0.25, 0.3) is 0 Å². The molecular formula is C15H17N3OS. The molecule has 2 rings (SSSR count). The van der Waals surface area contributed by atoms with Gasteiger partial charge in [0.15, 0.2) is 0 Å². The molecule has 0 atom stereocenters. The summed E-state index contributed by atoms with van der Waals surface area (Å²) >= 11 is 4.99. The first-order valence-electron chi connectivity index (χ1n) is 6.20. The number of benzene rings is 1. The number of pyridine rings is 1. The molecule has 2 N–H and O–H groups in total. The van der Waals surface area contributed by atoms with Crippen molar-refractivity contribution < 1.29 is 4.74 Å². The van der Waals surface area contributed by atoms with E-state index in [1.807, 2.05) is 48.3 Å². The molecule has 1 aromatic carbocycles. The summed E-state index contributed by atoms with van der Waals surface area (Å²) in [4.78, 5) is 6.75. The quantitative estimate of drug-likeness (QED) is 0.856. The van der Waals surface area contributed by atoms with Crippen LogP contribution in [-0.2, 0) is 6.54 Å². The van der Waals surface area contributed by atoms with Gasteiger partial charge in [-0.3, -0.25) is 0 Å². The third-order valence-electron chi connectivity index (χ3n) is 3.02. The summed E-state index contributed by atoms with van der Waals surface area (Å²) in [6.07, 6.45) is 1.71. The number of hydrogen-bond donors (Lipinski definition) is 1. The van der Waals surface area contributed by atoms with E-state index in [1.54, 1.807) is 13.3 Å². The predicted octanol–water partition coefficient (Wildman–Crippen LogP) is 2.36. The molecule has 0 saturated carbocycles. The monoisotopic (exact) mass is 287 g/mol. The smallest absolute Gasteiger partial charge is 0.129 e. The second-order valence-electron chi connectivity index (χ2n) is 4.43. The Balaban J connectivity index is 2.21. The van der Waals surface area contributed by atoms with Crippen LogP contribution in [0.1, 0.15) is 11.1 Å². The third-order valence-corrected chi connectivity index (χ3v) is 3.26. The summed E-state index contributed by atoms with van der Waals surface area (Å²) in [7, 11) is 3.64. The van der Waals surface area contributed by atoms with Crippen LogP contribution in [0.15, 0.2) is 42.6 Å². The van der Waals surface area contributed by atoms with E-state index in [2.05, 4.69) is 4.98 Å². The van der Waals surface area contributed by atoms with Gasteiger partial charge in [0.2, 0.25) is 0 Å². The molecule has 2 aromatic rings. The van der Waals surface area contributed by atoms with E-state index in [1.165, 1.54) is 0 Å². The molecule has 104 valence electrons. The van der Waals surface area contributed by atoms with Gasteiger partial charge < -0.3 is 15.4 Å². The summed E-state index contributed by atoms with van der Waals surface area (Å²) in [6.45, 7) is 0.692. The van der Waals surface area contributed by atoms with E-state index >= 15 is 0 Å². The molecule has 0 aliphatic rings. The molecule has 0 radical (unpaired) electrons. The number of para-hydroxylation sites is 1. The maximum atomic E-state index is 5.65. The zero-order chi connectivity index (χ0) is 14.5. The minimum Gasteiger partial charge on any atom is -0.496 e. The molecule has 0 saturated heterocycles. The molecular weight excluding hydrogens is 270 g/mol. The van der Waals surface area contributed by atoms with Crippen molar-refractivity contribution >= 4 is 23.0 Å². The van der Waals surface area contributed by atoms with Crippen LogP contribution in [0.3, 0.4) is 0 Å². The van der Waals surface area contributed by atoms with Crippen molar-refractivity contribution in [3.8, 4) is 5.75 Å². The number of ether oxygens (including phenoxy) is 1. The standard InChI is InChI=1S/C15H17N3OS/c1-18(10-12-5-3-4-6-13(12)19-2)14-9-11(15(16)20)7-8-17-14/h3-9H,10H2,1-2H3,(H2,16,20). The lowest BCUT2D eigenvalue weighted by atomic mass is 10.2. The molecule has 20 heavy (non-hydrogen) atoms. The number of anilines is 1. The maximum absolute atomic E-state index is 5.65. The lowest BCUT2D eigenvalue weighted by Crippen LogP contribution is -2.19. The van der Waals surface area contributed by atoms with Crippen molar-refractivity contribution in [2.24, 2.45) is 5.73 Å². The van der Waals surface area contributed by atoms with Gasteiger partial charge >= 0.3 is 0 Å². The Hall–Kier alpha value is -2.14. The van der Waals surface area contributed by atoms with Crippen LogP contribution in [0.5, 0.6) is 5.75 Å². The van der Waals surface area contributed by atoms with Gasteiger partial charge in [0, 0.05) is 30.9 Å². The first kappa shape index (κ1) is 14.3. The van der Waals surface area contributed by atoms with E-state index in [0.717, 1.165) is 22.7 Å². The predicted molar refractivity (Wildman–Crippen MR) is 85.2 cm³/mol. The highest BCUT2D eigenvalue weighted by atomic mass is 32.1. The fraction of sp³-hybridized carbons (Fsp3) is 0.200. The van der Waals surface area contributed by atoms with Crippen LogP contribution < -0.4 is 15.4 Å². The minimum absolute atomic E-state index is 0.374. The largest absolute Gasteiger partial charge is 0.496 e. The fourth-order valence-corrected chi connectivity index (χ4v) is 2.08. The Morgan fingerprint density at radius 1 is 1.35 bits per heavy atom. The average molecular weight is 287 g/mol. The molecule has 1 heterocycles. The first-order valence-corrected chi connectivity index (χ1v) is 6.61. The summed E-state index contributed by atoms with van der Waals surface area (Å²) in [5.74, 6) is 1.69. The van der Waals surface area contributed by atoms with Gasteiger partial charge in [0.1, 0.15) is 16.6 Å². The second kappa shape index (κ2) is 6.34. The molecule has 5 heteroatoms. The fourth-order valence-electron chi connectivity index (χ4n) is 1.95. The second-order valence-corrected chi connectivity index (χ2v) is 4.87. The number of aromatic nitrogens is 1. The van der Waals surface area contributed by atoms with Crippen LogP contribution in [-0.4, -0.2) is 24.1 Å². The van der Waals surface area contributed by atoms with Crippen molar-refractivity contribution in [2.45, 2.75) is 6.54 Å². The molecule has 0 aliphatic heterocycles. The van der Waals surface area contributed by atoms with Gasteiger partial charge in [-0.15, -0.1) is 0 Å². The van der Waals surface area contributed by atoms with Crippen LogP contribution >= 0.6 is 12.2 Å². The van der Waals surface area contributed by atoms with Gasteiger partial charge in [-0.1, -0.05) is 30.4 Å². The van der Waals surface area contributed by atoms with Crippen molar-refractivity contribution in [1.82, 2.24) is 4.98 Å². The Morgan fingerprint density at radius 3 is 2.80 bits per heavy atom. The number of thiocarbonyl (C=S) groups is 1. The van der Waals surface area contributed by atoms with E-state index in [0.29, 0.717) is 11.5 Å². The number of nitrogens with zero attached hydrogens (tertiary/aromatic N) is 2. The summed E-state index contributed by atoms with van der Waals surface area (Å²) in [6, 6.07) is 11.6. The Bertz CT molecular complexity index is 616. The zero-order valence-electron chi connectivity index (χ0n) is 11.5. The van der Waals surface area contributed by atoms with Gasteiger partial charge in [0.25, 0.3) is 0 Å². The summed E-state index contributed by atoms with van der Waals surface area (Å²) in [5, 5.41) is 0. The van der Waals surface area contributed by atoms with E-state index in [4.69, 9.17) is 22.7 Å². The van der Waals surface area contributed by atoms with Gasteiger partial charge in [0.05, 0.1) is 7.11 Å². The molecule has 0 unspecified atom stereocenters. The Kier molecular flexibility index (Phi) is 4.53. The normalized spacial score (nSPS) is 10.1. The number of methoxy groups -OCH3 is 1. The SMILES string of the molecule is COc1ccccc1CN(C)c1cc(C(N)=S)ccn1.